The standard InChI is InChI=1S/C25H35N3OS/c1-16(2)20-4-6-21(7-5-20)26-23(29)11-22-15-30-24(28(22)3)27-25-12-17-8-18(13-25)10-19(9-17)14-25/h4-7,16-19,22H,8-15H2,1-3H3,(H,26,29). The maximum absolute atomic E-state index is 12.7. The van der Waals surface area contributed by atoms with E-state index in [-0.39, 0.29) is 17.5 Å². The number of nitrogens with one attached hydrogen (secondary N) is 1. The molecule has 0 radical (unpaired) electrons. The van der Waals surface area contributed by atoms with Crippen molar-refractivity contribution in [2.24, 2.45) is 22.7 Å². The van der Waals surface area contributed by atoms with Crippen LogP contribution in [0.25, 0.3) is 0 Å². The van der Waals surface area contributed by atoms with E-state index in [0.29, 0.717) is 12.3 Å². The van der Waals surface area contributed by atoms with Crippen molar-refractivity contribution in [1.29, 1.82) is 0 Å². The van der Waals surface area contributed by atoms with Crippen molar-refractivity contribution in [1.82, 2.24) is 4.90 Å². The molecule has 5 heteroatoms. The van der Waals surface area contributed by atoms with Crippen LogP contribution in [-0.4, -0.2) is 40.4 Å². The van der Waals surface area contributed by atoms with E-state index in [1.165, 1.54) is 49.3 Å². The second-order valence-corrected chi connectivity index (χ2v) is 11.6. The van der Waals surface area contributed by atoms with E-state index in [2.05, 4.69) is 43.2 Å². The Hall–Kier alpha value is -1.49. The van der Waals surface area contributed by atoms with Crippen molar-refractivity contribution < 1.29 is 4.79 Å². The van der Waals surface area contributed by atoms with Crippen LogP contribution in [0.2, 0.25) is 0 Å². The predicted octanol–water partition coefficient (Wildman–Crippen LogP) is 5.51. The minimum Gasteiger partial charge on any atom is -0.350 e. The zero-order chi connectivity index (χ0) is 20.9. The molecule has 1 aromatic carbocycles. The van der Waals surface area contributed by atoms with Crippen LogP contribution in [0.3, 0.4) is 0 Å². The minimum absolute atomic E-state index is 0.0980. The molecule has 1 unspecified atom stereocenters. The molecule has 0 aromatic heterocycles. The number of hydrogen-bond donors (Lipinski definition) is 1. The molecule has 5 aliphatic rings. The Morgan fingerprint density at radius 1 is 1.13 bits per heavy atom. The van der Waals surface area contributed by atoms with Crippen molar-refractivity contribution in [2.75, 3.05) is 18.1 Å². The monoisotopic (exact) mass is 425 g/mol. The summed E-state index contributed by atoms with van der Waals surface area (Å²) in [5.41, 5.74) is 2.39. The molecule has 4 aliphatic carbocycles. The first-order valence-electron chi connectivity index (χ1n) is 11.7. The number of anilines is 1. The summed E-state index contributed by atoms with van der Waals surface area (Å²) in [4.78, 5) is 20.3. The highest BCUT2D eigenvalue weighted by Crippen LogP contribution is 2.57. The molecule has 0 spiro atoms. The first-order valence-corrected chi connectivity index (χ1v) is 12.7. The summed E-state index contributed by atoms with van der Waals surface area (Å²) in [6.45, 7) is 4.37. The average Bonchev–Trinajstić information content (AvgIpc) is 3.00. The number of carbonyl (C=O) groups is 1. The van der Waals surface area contributed by atoms with Crippen molar-refractivity contribution in [3.8, 4) is 0 Å². The summed E-state index contributed by atoms with van der Waals surface area (Å²) in [5, 5.41) is 4.26. The largest absolute Gasteiger partial charge is 0.350 e. The van der Waals surface area contributed by atoms with Gasteiger partial charge in [0, 0.05) is 31.0 Å². The summed E-state index contributed by atoms with van der Waals surface area (Å²) in [7, 11) is 2.13. The molecule has 1 saturated heterocycles. The summed E-state index contributed by atoms with van der Waals surface area (Å²) < 4.78 is 0. The molecule has 4 saturated carbocycles. The zero-order valence-corrected chi connectivity index (χ0v) is 19.4. The number of thioether (sulfide) groups is 1. The highest BCUT2D eigenvalue weighted by atomic mass is 32.2. The SMILES string of the molecule is CC(C)c1ccc(NC(=O)CC2CSC(=NC34CC5CC(CC(C5)C3)C4)N2C)cc1. The van der Waals surface area contributed by atoms with E-state index >= 15 is 0 Å². The van der Waals surface area contributed by atoms with E-state index in [0.717, 1.165) is 29.2 Å². The molecule has 4 nitrogen and oxygen atoms in total. The molecule has 1 aromatic rings. The van der Waals surface area contributed by atoms with Crippen LogP contribution in [0.5, 0.6) is 0 Å². The molecule has 1 N–H and O–H groups in total. The molecule has 30 heavy (non-hydrogen) atoms. The Balaban J connectivity index is 1.20. The van der Waals surface area contributed by atoms with Crippen LogP contribution < -0.4 is 5.32 Å². The molecule has 5 fully saturated rings. The molecule has 1 heterocycles. The van der Waals surface area contributed by atoms with E-state index in [1.807, 2.05) is 23.9 Å². The Morgan fingerprint density at radius 3 is 2.30 bits per heavy atom. The van der Waals surface area contributed by atoms with Crippen LogP contribution in [-0.2, 0) is 4.79 Å². The molecule has 1 aliphatic heterocycles. The minimum atomic E-state index is 0.0980. The van der Waals surface area contributed by atoms with Gasteiger partial charge in [-0.2, -0.15) is 0 Å². The van der Waals surface area contributed by atoms with Crippen molar-refractivity contribution in [2.45, 2.75) is 76.3 Å². The fraction of sp³-hybridized carbons (Fsp3) is 0.680. The Bertz CT molecular complexity index is 796. The molecule has 1 amide bonds. The van der Waals surface area contributed by atoms with Gasteiger partial charge in [0.25, 0.3) is 0 Å². The Labute approximate surface area is 185 Å². The zero-order valence-electron chi connectivity index (χ0n) is 18.6. The summed E-state index contributed by atoms with van der Waals surface area (Å²) in [6.07, 6.45) is 8.78. The number of nitrogens with zero attached hydrogens (tertiary/aromatic N) is 2. The van der Waals surface area contributed by atoms with Crippen molar-refractivity contribution in [3.63, 3.8) is 0 Å². The topological polar surface area (TPSA) is 44.7 Å². The van der Waals surface area contributed by atoms with Gasteiger partial charge in [0.15, 0.2) is 5.17 Å². The lowest BCUT2D eigenvalue weighted by atomic mass is 9.53. The summed E-state index contributed by atoms with van der Waals surface area (Å²) in [5.74, 6) is 4.32. The highest BCUT2D eigenvalue weighted by Gasteiger charge is 2.51. The van der Waals surface area contributed by atoms with Gasteiger partial charge >= 0.3 is 0 Å². The molecule has 4 bridgehead atoms. The van der Waals surface area contributed by atoms with E-state index < -0.39 is 0 Å². The van der Waals surface area contributed by atoms with Gasteiger partial charge in [-0.3, -0.25) is 9.79 Å². The smallest absolute Gasteiger partial charge is 0.226 e. The molecule has 6 rings (SSSR count). The number of benzene rings is 1. The Kier molecular flexibility index (Phi) is 5.37. The van der Waals surface area contributed by atoms with Gasteiger partial charge < -0.3 is 10.2 Å². The first-order chi connectivity index (χ1) is 14.4. The second kappa shape index (κ2) is 7.89. The average molecular weight is 426 g/mol. The fourth-order valence-corrected chi connectivity index (χ4v) is 7.92. The van der Waals surface area contributed by atoms with Gasteiger partial charge in [-0.1, -0.05) is 37.7 Å². The maximum Gasteiger partial charge on any atom is 0.226 e. The second-order valence-electron chi connectivity index (χ2n) is 10.6. The molecular formula is C25H35N3OS. The van der Waals surface area contributed by atoms with Gasteiger partial charge in [0.2, 0.25) is 5.91 Å². The van der Waals surface area contributed by atoms with Gasteiger partial charge in [-0.15, -0.1) is 0 Å². The van der Waals surface area contributed by atoms with Gasteiger partial charge in [-0.25, -0.2) is 0 Å². The molecular weight excluding hydrogens is 390 g/mol. The van der Waals surface area contributed by atoms with Crippen LogP contribution >= 0.6 is 11.8 Å². The number of amidine groups is 1. The summed E-state index contributed by atoms with van der Waals surface area (Å²) in [6, 6.07) is 8.47. The van der Waals surface area contributed by atoms with E-state index in [4.69, 9.17) is 4.99 Å². The summed E-state index contributed by atoms with van der Waals surface area (Å²) >= 11 is 1.86. The lowest BCUT2D eigenvalue weighted by molar-refractivity contribution is -0.116. The third-order valence-corrected chi connectivity index (χ3v) is 9.06. The Morgan fingerprint density at radius 2 is 1.73 bits per heavy atom. The van der Waals surface area contributed by atoms with Crippen LogP contribution in [0.1, 0.15) is 70.3 Å². The number of carbonyl (C=O) groups excluding carboxylic acids is 1. The maximum atomic E-state index is 12.7. The quantitative estimate of drug-likeness (QED) is 0.676. The normalized spacial score (nSPS) is 36.1. The highest BCUT2D eigenvalue weighted by molar-refractivity contribution is 8.14. The lowest BCUT2D eigenvalue weighted by Gasteiger charge is -2.55. The molecule has 162 valence electrons. The number of aliphatic imine (C=N–C) groups is 1. The number of hydrogen-bond acceptors (Lipinski definition) is 3. The third kappa shape index (κ3) is 4.02. The first kappa shape index (κ1) is 20.4. The fourth-order valence-electron chi connectivity index (χ4n) is 6.63. The lowest BCUT2D eigenvalue weighted by Crippen LogP contribution is -2.50. The van der Waals surface area contributed by atoms with Gasteiger partial charge in [-0.05, 0) is 79.9 Å². The van der Waals surface area contributed by atoms with Crippen LogP contribution in [0.15, 0.2) is 29.3 Å². The number of amides is 1. The van der Waals surface area contributed by atoms with Crippen LogP contribution in [0.4, 0.5) is 5.69 Å². The van der Waals surface area contributed by atoms with E-state index in [9.17, 15) is 4.79 Å². The molecule has 1 atom stereocenters. The van der Waals surface area contributed by atoms with Gasteiger partial charge in [0.05, 0.1) is 5.54 Å². The van der Waals surface area contributed by atoms with E-state index in [1.54, 1.807) is 0 Å². The third-order valence-electron chi connectivity index (χ3n) is 7.88. The predicted molar refractivity (Wildman–Crippen MR) is 126 cm³/mol. The van der Waals surface area contributed by atoms with Crippen molar-refractivity contribution in [3.05, 3.63) is 29.8 Å². The number of rotatable bonds is 5. The van der Waals surface area contributed by atoms with Crippen LogP contribution in [0, 0.1) is 17.8 Å². The van der Waals surface area contributed by atoms with Crippen molar-refractivity contribution >= 4 is 28.5 Å². The van der Waals surface area contributed by atoms with Gasteiger partial charge in [0.1, 0.15) is 0 Å².